The van der Waals surface area contributed by atoms with Gasteiger partial charge in [0.2, 0.25) is 10.0 Å². The van der Waals surface area contributed by atoms with E-state index in [4.69, 9.17) is 0 Å². The zero-order chi connectivity index (χ0) is 12.9. The molecule has 0 unspecified atom stereocenters. The van der Waals surface area contributed by atoms with Crippen molar-refractivity contribution in [3.05, 3.63) is 18.2 Å². The SMILES string of the molecule is CCS(=O)(=O)NCCCn1ccnc1C(C)C. The van der Waals surface area contributed by atoms with Crippen molar-refractivity contribution in [3.8, 4) is 0 Å². The molecule has 17 heavy (non-hydrogen) atoms. The van der Waals surface area contributed by atoms with Gasteiger partial charge in [0, 0.05) is 31.4 Å². The topological polar surface area (TPSA) is 64.0 Å². The second kappa shape index (κ2) is 6.16. The molecule has 1 N–H and O–H groups in total. The van der Waals surface area contributed by atoms with Gasteiger partial charge >= 0.3 is 0 Å². The van der Waals surface area contributed by atoms with Crippen LogP contribution in [0.4, 0.5) is 0 Å². The minimum Gasteiger partial charge on any atom is -0.335 e. The molecule has 0 aliphatic rings. The second-order valence-corrected chi connectivity index (χ2v) is 6.38. The van der Waals surface area contributed by atoms with Crippen molar-refractivity contribution in [2.45, 2.75) is 39.7 Å². The number of aryl methyl sites for hydroxylation is 1. The summed E-state index contributed by atoms with van der Waals surface area (Å²) in [6, 6.07) is 0. The van der Waals surface area contributed by atoms with Gasteiger partial charge < -0.3 is 4.57 Å². The fourth-order valence-electron chi connectivity index (χ4n) is 1.59. The molecule has 5 nitrogen and oxygen atoms in total. The molecule has 6 heteroatoms. The zero-order valence-corrected chi connectivity index (χ0v) is 11.5. The van der Waals surface area contributed by atoms with E-state index >= 15 is 0 Å². The van der Waals surface area contributed by atoms with Gasteiger partial charge in [0.05, 0.1) is 5.75 Å². The van der Waals surface area contributed by atoms with Crippen LogP contribution in [0, 0.1) is 0 Å². The van der Waals surface area contributed by atoms with Gasteiger partial charge in [-0.15, -0.1) is 0 Å². The van der Waals surface area contributed by atoms with E-state index in [2.05, 4.69) is 28.1 Å². The van der Waals surface area contributed by atoms with E-state index in [1.807, 2.05) is 6.20 Å². The summed E-state index contributed by atoms with van der Waals surface area (Å²) in [7, 11) is -3.06. The first-order valence-electron chi connectivity index (χ1n) is 5.94. The van der Waals surface area contributed by atoms with Crippen molar-refractivity contribution in [3.63, 3.8) is 0 Å². The molecular weight excluding hydrogens is 238 g/mol. The molecule has 0 aromatic carbocycles. The summed E-state index contributed by atoms with van der Waals surface area (Å²) in [5.74, 6) is 1.57. The maximum absolute atomic E-state index is 11.2. The number of nitrogens with one attached hydrogen (secondary N) is 1. The van der Waals surface area contributed by atoms with E-state index in [9.17, 15) is 8.42 Å². The molecule has 0 aliphatic carbocycles. The van der Waals surface area contributed by atoms with Gasteiger partial charge in [0.15, 0.2) is 0 Å². The number of nitrogens with zero attached hydrogens (tertiary/aromatic N) is 2. The largest absolute Gasteiger partial charge is 0.335 e. The van der Waals surface area contributed by atoms with Crippen LogP contribution in [0.5, 0.6) is 0 Å². The van der Waals surface area contributed by atoms with Crippen molar-refractivity contribution in [1.29, 1.82) is 0 Å². The van der Waals surface area contributed by atoms with E-state index in [1.165, 1.54) is 0 Å². The fourth-order valence-corrected chi connectivity index (χ4v) is 2.25. The third kappa shape index (κ3) is 4.47. The van der Waals surface area contributed by atoms with Crippen LogP contribution >= 0.6 is 0 Å². The molecule has 98 valence electrons. The molecule has 0 atom stereocenters. The van der Waals surface area contributed by atoms with Crippen LogP contribution in [0.2, 0.25) is 0 Å². The predicted octanol–water partition coefficient (Wildman–Crippen LogP) is 1.34. The van der Waals surface area contributed by atoms with E-state index in [-0.39, 0.29) is 5.75 Å². The quantitative estimate of drug-likeness (QED) is 0.751. The zero-order valence-electron chi connectivity index (χ0n) is 10.7. The summed E-state index contributed by atoms with van der Waals surface area (Å²) in [5.41, 5.74) is 0. The lowest BCUT2D eigenvalue weighted by Crippen LogP contribution is -2.27. The van der Waals surface area contributed by atoms with Gasteiger partial charge in [-0.05, 0) is 13.3 Å². The molecule has 1 rings (SSSR count). The van der Waals surface area contributed by atoms with Crippen LogP contribution < -0.4 is 4.72 Å². The van der Waals surface area contributed by atoms with Crippen molar-refractivity contribution in [2.24, 2.45) is 0 Å². The van der Waals surface area contributed by atoms with Gasteiger partial charge in [-0.25, -0.2) is 18.1 Å². The number of sulfonamides is 1. The van der Waals surface area contributed by atoms with Gasteiger partial charge in [-0.1, -0.05) is 13.8 Å². The average Bonchev–Trinajstić information content (AvgIpc) is 2.73. The number of hydrogen-bond donors (Lipinski definition) is 1. The van der Waals surface area contributed by atoms with Gasteiger partial charge in [-0.3, -0.25) is 0 Å². The highest BCUT2D eigenvalue weighted by atomic mass is 32.2. The lowest BCUT2D eigenvalue weighted by atomic mass is 10.2. The normalized spacial score (nSPS) is 12.2. The van der Waals surface area contributed by atoms with E-state index in [0.29, 0.717) is 12.5 Å². The summed E-state index contributed by atoms with van der Waals surface area (Å²) in [4.78, 5) is 4.28. The second-order valence-electron chi connectivity index (χ2n) is 4.28. The highest BCUT2D eigenvalue weighted by Crippen LogP contribution is 2.11. The third-order valence-electron chi connectivity index (χ3n) is 2.54. The summed E-state index contributed by atoms with van der Waals surface area (Å²) < 4.78 is 27.0. The number of hydrogen-bond acceptors (Lipinski definition) is 3. The molecule has 1 aromatic heterocycles. The molecule has 0 saturated carbocycles. The highest BCUT2D eigenvalue weighted by molar-refractivity contribution is 7.89. The monoisotopic (exact) mass is 259 g/mol. The molecular formula is C11H21N3O2S. The Kier molecular flexibility index (Phi) is 5.14. The van der Waals surface area contributed by atoms with E-state index < -0.39 is 10.0 Å². The van der Waals surface area contributed by atoms with Gasteiger partial charge in [-0.2, -0.15) is 0 Å². The summed E-state index contributed by atoms with van der Waals surface area (Å²) >= 11 is 0. The van der Waals surface area contributed by atoms with Crippen LogP contribution in [0.15, 0.2) is 12.4 Å². The molecule has 1 aromatic rings. The van der Waals surface area contributed by atoms with Crippen LogP contribution in [-0.4, -0.2) is 30.3 Å². The van der Waals surface area contributed by atoms with Crippen molar-refractivity contribution in [2.75, 3.05) is 12.3 Å². The van der Waals surface area contributed by atoms with E-state index in [1.54, 1.807) is 13.1 Å². The molecule has 0 amide bonds. The first kappa shape index (κ1) is 14.2. The summed E-state index contributed by atoms with van der Waals surface area (Å²) in [6.45, 7) is 7.10. The van der Waals surface area contributed by atoms with Crippen LogP contribution in [0.1, 0.15) is 38.9 Å². The molecule has 0 spiro atoms. The molecule has 1 heterocycles. The minimum absolute atomic E-state index is 0.134. The van der Waals surface area contributed by atoms with Gasteiger partial charge in [0.25, 0.3) is 0 Å². The Balaban J connectivity index is 2.39. The van der Waals surface area contributed by atoms with Crippen LogP contribution in [0.3, 0.4) is 0 Å². The average molecular weight is 259 g/mol. The van der Waals surface area contributed by atoms with Gasteiger partial charge in [0.1, 0.15) is 5.82 Å². The van der Waals surface area contributed by atoms with Crippen molar-refractivity contribution >= 4 is 10.0 Å². The fraction of sp³-hybridized carbons (Fsp3) is 0.727. The molecule has 0 radical (unpaired) electrons. The smallest absolute Gasteiger partial charge is 0.211 e. The molecule has 0 saturated heterocycles. The molecule has 0 fully saturated rings. The van der Waals surface area contributed by atoms with Crippen LogP contribution in [0.25, 0.3) is 0 Å². The standard InChI is InChI=1S/C11H21N3O2S/c1-4-17(15,16)13-6-5-8-14-9-7-12-11(14)10(2)3/h7,9-10,13H,4-6,8H2,1-3H3. The lowest BCUT2D eigenvalue weighted by Gasteiger charge is -2.10. The Hall–Kier alpha value is -0.880. The van der Waals surface area contributed by atoms with E-state index in [0.717, 1.165) is 18.8 Å². The number of imidazole rings is 1. The Bertz CT molecular complexity index is 437. The number of rotatable bonds is 7. The first-order valence-corrected chi connectivity index (χ1v) is 7.60. The highest BCUT2D eigenvalue weighted by Gasteiger charge is 2.08. The summed E-state index contributed by atoms with van der Waals surface area (Å²) in [5, 5.41) is 0. The summed E-state index contributed by atoms with van der Waals surface area (Å²) in [6.07, 6.45) is 4.49. The predicted molar refractivity (Wildman–Crippen MR) is 68.4 cm³/mol. The maximum atomic E-state index is 11.2. The third-order valence-corrected chi connectivity index (χ3v) is 3.95. The Morgan fingerprint density at radius 3 is 2.76 bits per heavy atom. The maximum Gasteiger partial charge on any atom is 0.211 e. The molecule has 0 bridgehead atoms. The number of aromatic nitrogens is 2. The molecule has 0 aliphatic heterocycles. The van der Waals surface area contributed by atoms with Crippen molar-refractivity contribution < 1.29 is 8.42 Å². The van der Waals surface area contributed by atoms with Crippen molar-refractivity contribution in [1.82, 2.24) is 14.3 Å². The Morgan fingerprint density at radius 1 is 1.47 bits per heavy atom. The Labute approximate surface area is 103 Å². The minimum atomic E-state index is -3.06. The first-order chi connectivity index (χ1) is 7.96. The lowest BCUT2D eigenvalue weighted by molar-refractivity contribution is 0.560. The Morgan fingerprint density at radius 2 is 2.18 bits per heavy atom. The van der Waals surface area contributed by atoms with Crippen LogP contribution in [-0.2, 0) is 16.6 Å².